The van der Waals surface area contributed by atoms with E-state index in [0.29, 0.717) is 16.8 Å². The third kappa shape index (κ3) is 1.03. The maximum Gasteiger partial charge on any atom is 0.102 e. The lowest BCUT2D eigenvalue weighted by molar-refractivity contribution is 0.911. The van der Waals surface area contributed by atoms with Gasteiger partial charge in [-0.05, 0) is 36.5 Å². The fourth-order valence-corrected chi connectivity index (χ4v) is 1.98. The Balaban J connectivity index is 2.76. The van der Waals surface area contributed by atoms with Crippen LogP contribution >= 0.6 is 0 Å². The van der Waals surface area contributed by atoms with Gasteiger partial charge in [0.25, 0.3) is 0 Å². The Bertz CT molecular complexity index is 471. The summed E-state index contributed by atoms with van der Waals surface area (Å²) < 4.78 is 0. The standard InChI is InChI=1S/C11H9N3/c12-5-8-4-7-2-1-3-9(7)10(6-13)11(8)14/h4H,1-3,14H2. The van der Waals surface area contributed by atoms with Gasteiger partial charge < -0.3 is 5.73 Å². The van der Waals surface area contributed by atoms with Gasteiger partial charge in [-0.1, -0.05) is 0 Å². The molecule has 1 aromatic carbocycles. The Morgan fingerprint density at radius 2 is 2.00 bits per heavy atom. The minimum absolute atomic E-state index is 0.343. The number of benzene rings is 1. The van der Waals surface area contributed by atoms with Gasteiger partial charge >= 0.3 is 0 Å². The molecule has 0 saturated heterocycles. The largest absolute Gasteiger partial charge is 0.397 e. The lowest BCUT2D eigenvalue weighted by atomic mass is 9.98. The first kappa shape index (κ1) is 8.59. The quantitative estimate of drug-likeness (QED) is 0.619. The van der Waals surface area contributed by atoms with Crippen LogP contribution in [0.5, 0.6) is 0 Å². The maximum atomic E-state index is 8.96. The number of nitrogens with zero attached hydrogens (tertiary/aromatic N) is 2. The van der Waals surface area contributed by atoms with Gasteiger partial charge in [0.15, 0.2) is 0 Å². The Labute approximate surface area is 82.4 Å². The van der Waals surface area contributed by atoms with E-state index >= 15 is 0 Å². The second kappa shape index (κ2) is 3.05. The molecule has 1 aromatic rings. The molecule has 0 heterocycles. The molecule has 3 nitrogen and oxygen atoms in total. The fourth-order valence-electron chi connectivity index (χ4n) is 1.98. The van der Waals surface area contributed by atoms with Crippen LogP contribution in [0.3, 0.4) is 0 Å². The predicted octanol–water partition coefficient (Wildman–Crippen LogP) is 1.50. The van der Waals surface area contributed by atoms with Crippen LogP contribution in [-0.4, -0.2) is 0 Å². The third-order valence-electron chi connectivity index (χ3n) is 2.67. The van der Waals surface area contributed by atoms with Crippen molar-refractivity contribution in [2.45, 2.75) is 19.3 Å². The minimum atomic E-state index is 0.343. The number of nitrogens with two attached hydrogens (primary N) is 1. The number of rotatable bonds is 0. The molecule has 2 N–H and O–H groups in total. The number of nitriles is 2. The average Bonchev–Trinajstić information content (AvgIpc) is 2.64. The second-order valence-corrected chi connectivity index (χ2v) is 3.43. The molecule has 68 valence electrons. The predicted molar refractivity (Wildman–Crippen MR) is 52.3 cm³/mol. The Hall–Kier alpha value is -2.00. The first-order chi connectivity index (χ1) is 6.77. The molecule has 0 atom stereocenters. The van der Waals surface area contributed by atoms with Gasteiger partial charge in [-0.2, -0.15) is 10.5 Å². The third-order valence-corrected chi connectivity index (χ3v) is 2.67. The van der Waals surface area contributed by atoms with Crippen LogP contribution in [0.4, 0.5) is 5.69 Å². The zero-order valence-corrected chi connectivity index (χ0v) is 7.67. The summed E-state index contributed by atoms with van der Waals surface area (Å²) in [5.74, 6) is 0. The van der Waals surface area contributed by atoms with Gasteiger partial charge in [-0.15, -0.1) is 0 Å². The number of fused-ring (bicyclic) bond motifs is 1. The zero-order chi connectivity index (χ0) is 10.1. The molecule has 0 amide bonds. The highest BCUT2D eigenvalue weighted by molar-refractivity contribution is 5.69. The highest BCUT2D eigenvalue weighted by atomic mass is 14.6. The molecule has 0 radical (unpaired) electrons. The topological polar surface area (TPSA) is 73.6 Å². The van der Waals surface area contributed by atoms with Crippen LogP contribution < -0.4 is 5.73 Å². The van der Waals surface area contributed by atoms with Crippen LogP contribution in [0.1, 0.15) is 28.7 Å². The summed E-state index contributed by atoms with van der Waals surface area (Å²) in [5.41, 5.74) is 9.18. The zero-order valence-electron chi connectivity index (χ0n) is 7.67. The van der Waals surface area contributed by atoms with Crippen molar-refractivity contribution in [3.63, 3.8) is 0 Å². The molecule has 1 aliphatic carbocycles. The summed E-state index contributed by atoms with van der Waals surface area (Å²) in [5, 5.41) is 17.8. The van der Waals surface area contributed by atoms with Crippen molar-refractivity contribution in [3.05, 3.63) is 28.3 Å². The molecule has 0 aromatic heterocycles. The molecule has 0 unspecified atom stereocenters. The number of hydrogen-bond acceptors (Lipinski definition) is 3. The number of anilines is 1. The molecular formula is C11H9N3. The van der Waals surface area contributed by atoms with E-state index in [4.69, 9.17) is 16.3 Å². The Morgan fingerprint density at radius 3 is 2.64 bits per heavy atom. The van der Waals surface area contributed by atoms with E-state index in [1.807, 2.05) is 12.1 Å². The highest BCUT2D eigenvalue weighted by Crippen LogP contribution is 2.31. The van der Waals surface area contributed by atoms with Crippen molar-refractivity contribution in [1.82, 2.24) is 0 Å². The summed E-state index contributed by atoms with van der Waals surface area (Å²) in [6, 6.07) is 5.94. The molecule has 0 fully saturated rings. The summed E-state index contributed by atoms with van der Waals surface area (Å²) >= 11 is 0. The molecule has 0 bridgehead atoms. The minimum Gasteiger partial charge on any atom is -0.397 e. The summed E-state index contributed by atoms with van der Waals surface area (Å²) in [6.45, 7) is 0. The molecule has 14 heavy (non-hydrogen) atoms. The molecule has 3 heteroatoms. The molecule has 0 saturated carbocycles. The maximum absolute atomic E-state index is 8.96. The van der Waals surface area contributed by atoms with E-state index in [2.05, 4.69) is 6.07 Å². The van der Waals surface area contributed by atoms with Crippen LogP contribution in [0.25, 0.3) is 0 Å². The Morgan fingerprint density at radius 1 is 1.21 bits per heavy atom. The lowest BCUT2D eigenvalue weighted by Gasteiger charge is -2.06. The van der Waals surface area contributed by atoms with Crippen molar-refractivity contribution in [2.75, 3.05) is 5.73 Å². The van der Waals surface area contributed by atoms with Crippen molar-refractivity contribution in [1.29, 1.82) is 10.5 Å². The normalized spacial score (nSPS) is 13.0. The number of nitrogen functional groups attached to an aromatic ring is 1. The van der Waals surface area contributed by atoms with Crippen LogP contribution in [0, 0.1) is 22.7 Å². The van der Waals surface area contributed by atoms with Gasteiger partial charge in [0, 0.05) is 0 Å². The first-order valence-electron chi connectivity index (χ1n) is 4.52. The molecule has 1 aliphatic rings. The number of aryl methyl sites for hydroxylation is 1. The Kier molecular flexibility index (Phi) is 1.87. The SMILES string of the molecule is N#Cc1cc2c(c(C#N)c1N)CCC2. The van der Waals surface area contributed by atoms with Gasteiger partial charge in [-0.3, -0.25) is 0 Å². The van der Waals surface area contributed by atoms with E-state index in [1.165, 1.54) is 0 Å². The summed E-state index contributed by atoms with van der Waals surface area (Å²) in [4.78, 5) is 0. The van der Waals surface area contributed by atoms with E-state index < -0.39 is 0 Å². The van der Waals surface area contributed by atoms with E-state index in [0.717, 1.165) is 30.4 Å². The molecular weight excluding hydrogens is 174 g/mol. The van der Waals surface area contributed by atoms with Gasteiger partial charge in [-0.25, -0.2) is 0 Å². The van der Waals surface area contributed by atoms with Gasteiger partial charge in [0.1, 0.15) is 12.1 Å². The monoisotopic (exact) mass is 183 g/mol. The van der Waals surface area contributed by atoms with Crippen molar-refractivity contribution in [2.24, 2.45) is 0 Å². The average molecular weight is 183 g/mol. The van der Waals surface area contributed by atoms with E-state index in [-0.39, 0.29) is 0 Å². The summed E-state index contributed by atoms with van der Waals surface area (Å²) in [6.07, 6.45) is 2.92. The van der Waals surface area contributed by atoms with Crippen LogP contribution in [0.2, 0.25) is 0 Å². The summed E-state index contributed by atoms with van der Waals surface area (Å²) in [7, 11) is 0. The fraction of sp³-hybridized carbons (Fsp3) is 0.273. The first-order valence-corrected chi connectivity index (χ1v) is 4.52. The van der Waals surface area contributed by atoms with Gasteiger partial charge in [0.2, 0.25) is 0 Å². The van der Waals surface area contributed by atoms with E-state index in [1.54, 1.807) is 0 Å². The molecule has 2 rings (SSSR count). The molecule has 0 spiro atoms. The lowest BCUT2D eigenvalue weighted by Crippen LogP contribution is -2.00. The van der Waals surface area contributed by atoms with Crippen molar-refractivity contribution in [3.8, 4) is 12.1 Å². The highest BCUT2D eigenvalue weighted by Gasteiger charge is 2.19. The van der Waals surface area contributed by atoms with Crippen LogP contribution in [0.15, 0.2) is 6.07 Å². The van der Waals surface area contributed by atoms with Crippen molar-refractivity contribution < 1.29 is 0 Å². The van der Waals surface area contributed by atoms with Crippen LogP contribution in [-0.2, 0) is 12.8 Å². The second-order valence-electron chi connectivity index (χ2n) is 3.43. The number of hydrogen-bond donors (Lipinski definition) is 1. The van der Waals surface area contributed by atoms with Gasteiger partial charge in [0.05, 0.1) is 16.8 Å². The van der Waals surface area contributed by atoms with Crippen molar-refractivity contribution >= 4 is 5.69 Å². The molecule has 0 aliphatic heterocycles. The van der Waals surface area contributed by atoms with E-state index in [9.17, 15) is 0 Å². The smallest absolute Gasteiger partial charge is 0.102 e.